The van der Waals surface area contributed by atoms with E-state index >= 15 is 0 Å². The van der Waals surface area contributed by atoms with E-state index in [-0.39, 0.29) is 5.78 Å². The maximum atomic E-state index is 11.0. The molecule has 0 saturated heterocycles. The van der Waals surface area contributed by atoms with Gasteiger partial charge < -0.3 is 10.4 Å². The number of rotatable bonds is 5. The van der Waals surface area contributed by atoms with Gasteiger partial charge in [0.15, 0.2) is 5.78 Å². The fourth-order valence-corrected chi connectivity index (χ4v) is 1.42. The highest BCUT2D eigenvalue weighted by atomic mass is 16.4. The van der Waals surface area contributed by atoms with Crippen LogP contribution < -0.4 is 5.32 Å². The summed E-state index contributed by atoms with van der Waals surface area (Å²) in [4.78, 5) is 21.8. The Morgan fingerprint density at radius 3 is 2.00 bits per heavy atom. The van der Waals surface area contributed by atoms with Gasteiger partial charge >= 0.3 is 5.97 Å². The van der Waals surface area contributed by atoms with Gasteiger partial charge in [-0.25, -0.2) is 0 Å². The maximum Gasteiger partial charge on any atom is 0.321 e. The van der Waals surface area contributed by atoms with E-state index in [2.05, 4.69) is 19.2 Å². The number of aliphatic carboxylic acids is 1. The number of nitrogens with one attached hydrogen (secondary N) is 1. The molecule has 4 heteroatoms. The standard InChI is InChI=1S/C12H15NO3.C3H8/c1-8(14)10-5-3-9(4-6-10)7-11(13-2)12(15)16;1-3-2/h3-6,11,13H,7H2,1-2H3,(H,15,16);3H2,1-2H3. The van der Waals surface area contributed by atoms with Crippen molar-refractivity contribution in [2.75, 3.05) is 7.05 Å². The molecular formula is C15H23NO3. The summed E-state index contributed by atoms with van der Waals surface area (Å²) in [5.74, 6) is -0.868. The fraction of sp³-hybridized carbons (Fsp3) is 0.467. The van der Waals surface area contributed by atoms with Gasteiger partial charge in [0, 0.05) is 5.56 Å². The zero-order valence-electron chi connectivity index (χ0n) is 12.1. The van der Waals surface area contributed by atoms with Crippen LogP contribution >= 0.6 is 0 Å². The third-order valence-electron chi connectivity index (χ3n) is 2.45. The van der Waals surface area contributed by atoms with E-state index in [4.69, 9.17) is 5.11 Å². The van der Waals surface area contributed by atoms with Gasteiger partial charge in [-0.2, -0.15) is 0 Å². The molecule has 0 fully saturated rings. The summed E-state index contributed by atoms with van der Waals surface area (Å²) in [6, 6.07) is 6.40. The summed E-state index contributed by atoms with van der Waals surface area (Å²) in [6.45, 7) is 5.75. The summed E-state index contributed by atoms with van der Waals surface area (Å²) in [5.41, 5.74) is 1.53. The molecule has 0 radical (unpaired) electrons. The number of Topliss-reactive ketones (excluding diaryl/α,β-unsaturated/α-hetero) is 1. The summed E-state index contributed by atoms with van der Waals surface area (Å²) < 4.78 is 0. The molecule has 0 aliphatic rings. The highest BCUT2D eigenvalue weighted by Gasteiger charge is 2.15. The van der Waals surface area contributed by atoms with Gasteiger partial charge in [-0.1, -0.05) is 44.5 Å². The van der Waals surface area contributed by atoms with E-state index in [0.29, 0.717) is 12.0 Å². The molecule has 4 nitrogen and oxygen atoms in total. The van der Waals surface area contributed by atoms with Crippen LogP contribution in [-0.2, 0) is 11.2 Å². The van der Waals surface area contributed by atoms with E-state index in [9.17, 15) is 9.59 Å². The lowest BCUT2D eigenvalue weighted by molar-refractivity contribution is -0.139. The van der Waals surface area contributed by atoms with Crippen molar-refractivity contribution in [1.29, 1.82) is 0 Å². The number of likely N-dealkylation sites (N-methyl/N-ethyl adjacent to an activating group) is 1. The third-order valence-corrected chi connectivity index (χ3v) is 2.45. The summed E-state index contributed by atoms with van der Waals surface area (Å²) >= 11 is 0. The van der Waals surface area contributed by atoms with Crippen LogP contribution in [0.5, 0.6) is 0 Å². The fourth-order valence-electron chi connectivity index (χ4n) is 1.42. The van der Waals surface area contributed by atoms with Crippen molar-refractivity contribution in [3.63, 3.8) is 0 Å². The average Bonchev–Trinajstić information content (AvgIpc) is 2.37. The van der Waals surface area contributed by atoms with Gasteiger partial charge in [0.25, 0.3) is 0 Å². The molecule has 1 atom stereocenters. The lowest BCUT2D eigenvalue weighted by Gasteiger charge is -2.10. The van der Waals surface area contributed by atoms with Crippen LogP contribution in [0.1, 0.15) is 43.1 Å². The minimum Gasteiger partial charge on any atom is -0.480 e. The van der Waals surface area contributed by atoms with Gasteiger partial charge in [0.2, 0.25) is 0 Å². The van der Waals surface area contributed by atoms with Crippen molar-refractivity contribution in [3.8, 4) is 0 Å². The first-order valence-corrected chi connectivity index (χ1v) is 6.46. The molecule has 0 heterocycles. The van der Waals surface area contributed by atoms with Crippen molar-refractivity contribution in [2.24, 2.45) is 0 Å². The molecule has 0 saturated carbocycles. The Kier molecular flexibility index (Phi) is 8.46. The second-order valence-electron chi connectivity index (χ2n) is 4.34. The number of ketones is 1. The molecule has 106 valence electrons. The van der Waals surface area contributed by atoms with Crippen molar-refractivity contribution in [1.82, 2.24) is 5.32 Å². The minimum absolute atomic E-state index is 0.00921. The molecule has 1 aromatic rings. The average molecular weight is 265 g/mol. The number of benzene rings is 1. The zero-order chi connectivity index (χ0) is 14.8. The van der Waals surface area contributed by atoms with Gasteiger partial charge in [-0.15, -0.1) is 0 Å². The molecule has 0 aliphatic carbocycles. The Balaban J connectivity index is 0.000000982. The third kappa shape index (κ3) is 6.72. The van der Waals surface area contributed by atoms with Crippen molar-refractivity contribution < 1.29 is 14.7 Å². The number of carboxylic acids is 1. The molecule has 0 amide bonds. The second kappa shape index (κ2) is 9.28. The van der Waals surface area contributed by atoms with Crippen LogP contribution in [0.4, 0.5) is 0 Å². The molecule has 0 bridgehead atoms. The molecule has 19 heavy (non-hydrogen) atoms. The minimum atomic E-state index is -0.877. The molecule has 1 rings (SSSR count). The molecule has 0 aliphatic heterocycles. The molecule has 1 aromatic carbocycles. The topological polar surface area (TPSA) is 66.4 Å². The van der Waals surface area contributed by atoms with Crippen molar-refractivity contribution in [2.45, 2.75) is 39.7 Å². The van der Waals surface area contributed by atoms with E-state index < -0.39 is 12.0 Å². The lowest BCUT2D eigenvalue weighted by Crippen LogP contribution is -2.35. The first-order valence-electron chi connectivity index (χ1n) is 6.46. The van der Waals surface area contributed by atoms with Gasteiger partial charge in [-0.05, 0) is 26.0 Å². The quantitative estimate of drug-likeness (QED) is 0.803. The Labute approximate surface area is 114 Å². The highest BCUT2D eigenvalue weighted by molar-refractivity contribution is 5.94. The normalized spacial score (nSPS) is 11.2. The van der Waals surface area contributed by atoms with Crippen molar-refractivity contribution in [3.05, 3.63) is 35.4 Å². The Hall–Kier alpha value is -1.68. The van der Waals surface area contributed by atoms with Crippen LogP contribution in [0.2, 0.25) is 0 Å². The van der Waals surface area contributed by atoms with Crippen molar-refractivity contribution >= 4 is 11.8 Å². The van der Waals surface area contributed by atoms with Crippen LogP contribution in [0.15, 0.2) is 24.3 Å². The van der Waals surface area contributed by atoms with Crippen LogP contribution in [-0.4, -0.2) is 29.9 Å². The van der Waals surface area contributed by atoms with E-state index in [0.717, 1.165) is 5.56 Å². The molecule has 2 N–H and O–H groups in total. The molecule has 0 spiro atoms. The Morgan fingerprint density at radius 1 is 1.21 bits per heavy atom. The number of carbonyl (C=O) groups is 2. The lowest BCUT2D eigenvalue weighted by atomic mass is 10.0. The predicted octanol–water partition coefficient (Wildman–Crippen LogP) is 2.52. The van der Waals surface area contributed by atoms with Crippen LogP contribution in [0, 0.1) is 0 Å². The monoisotopic (exact) mass is 265 g/mol. The smallest absolute Gasteiger partial charge is 0.321 e. The molecule has 0 aromatic heterocycles. The van der Waals surface area contributed by atoms with Gasteiger partial charge in [0.05, 0.1) is 0 Å². The summed E-state index contributed by atoms with van der Waals surface area (Å²) in [6.07, 6.45) is 1.66. The number of carboxylic acid groups (broad SMARTS) is 1. The zero-order valence-corrected chi connectivity index (χ0v) is 12.1. The second-order valence-corrected chi connectivity index (χ2v) is 4.34. The Morgan fingerprint density at radius 2 is 1.68 bits per heavy atom. The van der Waals surface area contributed by atoms with Gasteiger partial charge in [-0.3, -0.25) is 9.59 Å². The molecular weight excluding hydrogens is 242 g/mol. The predicted molar refractivity (Wildman–Crippen MR) is 76.6 cm³/mol. The maximum absolute atomic E-state index is 11.0. The first kappa shape index (κ1) is 17.3. The number of hydrogen-bond donors (Lipinski definition) is 2. The van der Waals surface area contributed by atoms with Crippen LogP contribution in [0.3, 0.4) is 0 Å². The SMILES string of the molecule is CCC.CNC(Cc1ccc(C(C)=O)cc1)C(=O)O. The Bertz CT molecular complexity index is 398. The summed E-state index contributed by atoms with van der Waals surface area (Å²) in [5, 5.41) is 11.6. The van der Waals surface area contributed by atoms with E-state index in [1.807, 2.05) is 0 Å². The number of hydrogen-bond acceptors (Lipinski definition) is 3. The molecule has 1 unspecified atom stereocenters. The largest absolute Gasteiger partial charge is 0.480 e. The highest BCUT2D eigenvalue weighted by Crippen LogP contribution is 2.07. The van der Waals surface area contributed by atoms with Crippen LogP contribution in [0.25, 0.3) is 0 Å². The van der Waals surface area contributed by atoms with E-state index in [1.165, 1.54) is 13.3 Å². The van der Waals surface area contributed by atoms with Gasteiger partial charge in [0.1, 0.15) is 6.04 Å². The van der Waals surface area contributed by atoms with E-state index in [1.54, 1.807) is 31.3 Å². The number of carbonyl (C=O) groups excluding carboxylic acids is 1. The summed E-state index contributed by atoms with van der Waals surface area (Å²) in [7, 11) is 1.61. The first-order chi connectivity index (χ1) is 8.96.